The van der Waals surface area contributed by atoms with Crippen LogP contribution in [0.3, 0.4) is 0 Å². The molecule has 0 unspecified atom stereocenters. The van der Waals surface area contributed by atoms with Gasteiger partial charge in [0, 0.05) is 18.6 Å². The first-order chi connectivity index (χ1) is 12.1. The van der Waals surface area contributed by atoms with E-state index in [1.54, 1.807) is 19.3 Å². The van der Waals surface area contributed by atoms with Crippen molar-refractivity contribution in [1.82, 2.24) is 19.9 Å². The summed E-state index contributed by atoms with van der Waals surface area (Å²) in [6, 6.07) is 9.14. The minimum atomic E-state index is -1.39. The van der Waals surface area contributed by atoms with Crippen molar-refractivity contribution in [3.63, 3.8) is 0 Å². The Kier molecular flexibility index (Phi) is 4.71. The van der Waals surface area contributed by atoms with Crippen molar-refractivity contribution in [2.45, 2.75) is 6.10 Å². The van der Waals surface area contributed by atoms with Crippen molar-refractivity contribution < 1.29 is 14.7 Å². The van der Waals surface area contributed by atoms with Crippen molar-refractivity contribution in [2.24, 2.45) is 7.05 Å². The molecule has 0 aliphatic carbocycles. The SMILES string of the molecule is Cn1cncc1[C@H](O)C(=O)NCC(=O)Nc1cccc2cccnc12. The molecule has 2 aromatic heterocycles. The number of hydrogen-bond donors (Lipinski definition) is 3. The zero-order chi connectivity index (χ0) is 17.8. The summed E-state index contributed by atoms with van der Waals surface area (Å²) >= 11 is 0. The second-order valence-electron chi connectivity index (χ2n) is 5.48. The number of aliphatic hydroxyl groups excluding tert-OH is 1. The predicted molar refractivity (Wildman–Crippen MR) is 91.6 cm³/mol. The number of para-hydroxylation sites is 1. The molecule has 0 saturated heterocycles. The fourth-order valence-electron chi connectivity index (χ4n) is 2.43. The minimum absolute atomic E-state index is 0.267. The smallest absolute Gasteiger partial charge is 0.255 e. The molecule has 0 spiro atoms. The summed E-state index contributed by atoms with van der Waals surface area (Å²) in [5.41, 5.74) is 1.57. The number of aromatic nitrogens is 3. The Morgan fingerprint density at radius 2 is 2.08 bits per heavy atom. The first-order valence-electron chi connectivity index (χ1n) is 7.62. The van der Waals surface area contributed by atoms with E-state index in [0.29, 0.717) is 16.9 Å². The third-order valence-corrected chi connectivity index (χ3v) is 3.71. The summed E-state index contributed by atoms with van der Waals surface area (Å²) in [5, 5.41) is 16.0. The number of fused-ring (bicyclic) bond motifs is 1. The van der Waals surface area contributed by atoms with Gasteiger partial charge in [0.25, 0.3) is 5.91 Å². The molecular weight excluding hydrogens is 322 g/mol. The molecule has 8 nitrogen and oxygen atoms in total. The van der Waals surface area contributed by atoms with Gasteiger partial charge >= 0.3 is 0 Å². The number of imidazole rings is 1. The van der Waals surface area contributed by atoms with Gasteiger partial charge < -0.3 is 20.3 Å². The number of benzene rings is 1. The second kappa shape index (κ2) is 7.10. The Labute approximate surface area is 143 Å². The van der Waals surface area contributed by atoms with Gasteiger partial charge in [0.2, 0.25) is 5.91 Å². The number of nitrogens with zero attached hydrogens (tertiary/aromatic N) is 3. The Bertz CT molecular complexity index is 916. The summed E-state index contributed by atoms with van der Waals surface area (Å²) in [5.74, 6) is -1.08. The van der Waals surface area contributed by atoms with Gasteiger partial charge in [0.05, 0.1) is 36.0 Å². The van der Waals surface area contributed by atoms with Gasteiger partial charge in [-0.1, -0.05) is 18.2 Å². The molecule has 1 atom stereocenters. The molecule has 2 heterocycles. The number of pyridine rings is 1. The zero-order valence-electron chi connectivity index (χ0n) is 13.5. The lowest BCUT2D eigenvalue weighted by molar-refractivity contribution is -0.131. The number of amides is 2. The number of aryl methyl sites for hydroxylation is 1. The Balaban J connectivity index is 1.61. The number of hydrogen-bond acceptors (Lipinski definition) is 5. The maximum atomic E-state index is 12.1. The van der Waals surface area contributed by atoms with E-state index >= 15 is 0 Å². The quantitative estimate of drug-likeness (QED) is 0.636. The molecule has 3 rings (SSSR count). The van der Waals surface area contributed by atoms with Gasteiger partial charge in [-0.05, 0) is 12.1 Å². The van der Waals surface area contributed by atoms with Crippen molar-refractivity contribution in [3.05, 3.63) is 54.7 Å². The number of carbonyl (C=O) groups is 2. The van der Waals surface area contributed by atoms with E-state index in [4.69, 9.17) is 0 Å². The molecule has 3 aromatic rings. The molecule has 25 heavy (non-hydrogen) atoms. The van der Waals surface area contributed by atoms with Crippen molar-refractivity contribution in [2.75, 3.05) is 11.9 Å². The number of rotatable bonds is 5. The fraction of sp³-hybridized carbons (Fsp3) is 0.176. The molecule has 128 valence electrons. The van der Waals surface area contributed by atoms with Gasteiger partial charge in [0.1, 0.15) is 0 Å². The van der Waals surface area contributed by atoms with E-state index in [0.717, 1.165) is 5.39 Å². The lowest BCUT2D eigenvalue weighted by Crippen LogP contribution is -2.36. The van der Waals surface area contributed by atoms with E-state index in [-0.39, 0.29) is 6.54 Å². The van der Waals surface area contributed by atoms with Gasteiger partial charge in [-0.3, -0.25) is 14.6 Å². The summed E-state index contributed by atoms with van der Waals surface area (Å²) in [6.45, 7) is -0.267. The van der Waals surface area contributed by atoms with Crippen LogP contribution in [0.2, 0.25) is 0 Å². The third kappa shape index (κ3) is 3.64. The summed E-state index contributed by atoms with van der Waals surface area (Å²) in [6.07, 6.45) is 3.13. The average Bonchev–Trinajstić information content (AvgIpc) is 3.05. The summed E-state index contributed by atoms with van der Waals surface area (Å²) in [7, 11) is 1.67. The second-order valence-corrected chi connectivity index (χ2v) is 5.48. The van der Waals surface area contributed by atoms with Crippen molar-refractivity contribution in [1.29, 1.82) is 0 Å². The monoisotopic (exact) mass is 339 g/mol. The molecule has 2 amide bonds. The van der Waals surface area contributed by atoms with Crippen molar-refractivity contribution >= 4 is 28.4 Å². The van der Waals surface area contributed by atoms with Gasteiger partial charge in [0.15, 0.2) is 6.10 Å². The van der Waals surface area contributed by atoms with E-state index in [1.807, 2.05) is 24.3 Å². The van der Waals surface area contributed by atoms with Crippen LogP contribution in [0.5, 0.6) is 0 Å². The van der Waals surface area contributed by atoms with Crippen LogP contribution in [0.25, 0.3) is 10.9 Å². The predicted octanol–water partition coefficient (Wildman–Crippen LogP) is 0.757. The van der Waals surface area contributed by atoms with Gasteiger partial charge in [-0.25, -0.2) is 4.98 Å². The zero-order valence-corrected chi connectivity index (χ0v) is 13.5. The normalized spacial score (nSPS) is 11.9. The maximum absolute atomic E-state index is 12.1. The van der Waals surface area contributed by atoms with Crippen LogP contribution in [0.4, 0.5) is 5.69 Å². The summed E-state index contributed by atoms with van der Waals surface area (Å²) < 4.78 is 1.53. The van der Waals surface area contributed by atoms with E-state index in [1.165, 1.54) is 17.1 Å². The molecule has 0 fully saturated rings. The molecule has 3 N–H and O–H groups in total. The van der Waals surface area contributed by atoms with Crippen molar-refractivity contribution in [3.8, 4) is 0 Å². The minimum Gasteiger partial charge on any atom is -0.377 e. The lowest BCUT2D eigenvalue weighted by atomic mass is 10.2. The van der Waals surface area contributed by atoms with E-state index in [2.05, 4.69) is 20.6 Å². The Hall–Kier alpha value is -3.26. The Morgan fingerprint density at radius 1 is 1.28 bits per heavy atom. The molecule has 1 aromatic carbocycles. The lowest BCUT2D eigenvalue weighted by Gasteiger charge is -2.12. The molecule has 0 bridgehead atoms. The topological polar surface area (TPSA) is 109 Å². The van der Waals surface area contributed by atoms with Crippen LogP contribution in [0, 0.1) is 0 Å². The van der Waals surface area contributed by atoms with Crippen LogP contribution in [-0.4, -0.2) is 38.0 Å². The average molecular weight is 339 g/mol. The van der Waals surface area contributed by atoms with Gasteiger partial charge in [-0.2, -0.15) is 0 Å². The maximum Gasteiger partial charge on any atom is 0.255 e. The van der Waals surface area contributed by atoms with Crippen LogP contribution in [0.1, 0.15) is 11.8 Å². The number of nitrogens with one attached hydrogen (secondary N) is 2. The Morgan fingerprint density at radius 3 is 2.84 bits per heavy atom. The fourth-order valence-corrected chi connectivity index (χ4v) is 2.43. The molecule has 8 heteroatoms. The highest BCUT2D eigenvalue weighted by Gasteiger charge is 2.20. The molecule has 0 saturated carbocycles. The highest BCUT2D eigenvalue weighted by molar-refractivity contribution is 6.01. The molecule has 0 aliphatic heterocycles. The highest BCUT2D eigenvalue weighted by atomic mass is 16.3. The van der Waals surface area contributed by atoms with Gasteiger partial charge in [-0.15, -0.1) is 0 Å². The number of aliphatic hydroxyl groups is 1. The van der Waals surface area contributed by atoms with Crippen LogP contribution < -0.4 is 10.6 Å². The summed E-state index contributed by atoms with van der Waals surface area (Å²) in [4.78, 5) is 32.1. The third-order valence-electron chi connectivity index (χ3n) is 3.71. The number of carbonyl (C=O) groups excluding carboxylic acids is 2. The first-order valence-corrected chi connectivity index (χ1v) is 7.62. The van der Waals surface area contributed by atoms with Crippen LogP contribution in [-0.2, 0) is 16.6 Å². The van der Waals surface area contributed by atoms with Crippen LogP contribution in [0.15, 0.2) is 49.1 Å². The molecule has 0 aliphatic rings. The van der Waals surface area contributed by atoms with E-state index < -0.39 is 17.9 Å². The molecule has 0 radical (unpaired) electrons. The largest absolute Gasteiger partial charge is 0.377 e. The van der Waals surface area contributed by atoms with Crippen LogP contribution >= 0.6 is 0 Å². The molecular formula is C17H17N5O3. The highest BCUT2D eigenvalue weighted by Crippen LogP contribution is 2.20. The van der Waals surface area contributed by atoms with E-state index in [9.17, 15) is 14.7 Å². The first kappa shape index (κ1) is 16.6. The standard InChI is InChI=1S/C17H17N5O3/c1-22-10-18-8-13(22)16(24)17(25)20-9-14(23)21-12-6-2-4-11-5-3-7-19-15(11)12/h2-8,10,16,24H,9H2,1H3,(H,20,25)(H,21,23)/t16-/m0/s1. The number of anilines is 1.